The van der Waals surface area contributed by atoms with Crippen molar-refractivity contribution >= 4 is 17.4 Å². The third-order valence-corrected chi connectivity index (χ3v) is 3.69. The van der Waals surface area contributed by atoms with Gasteiger partial charge >= 0.3 is 6.18 Å². The highest BCUT2D eigenvalue weighted by molar-refractivity contribution is 5.93. The second-order valence-corrected chi connectivity index (χ2v) is 5.89. The number of halogens is 3. The molecule has 144 valence electrons. The molecule has 0 unspecified atom stereocenters. The van der Waals surface area contributed by atoms with Gasteiger partial charge in [-0.2, -0.15) is 13.2 Å². The number of amides is 1. The fourth-order valence-corrected chi connectivity index (χ4v) is 2.43. The van der Waals surface area contributed by atoms with Crippen LogP contribution < -0.4 is 10.6 Å². The van der Waals surface area contributed by atoms with Crippen molar-refractivity contribution in [3.05, 3.63) is 77.5 Å². The van der Waals surface area contributed by atoms with E-state index in [1.165, 1.54) is 18.2 Å². The predicted molar refractivity (Wildman–Crippen MR) is 96.9 cm³/mol. The van der Waals surface area contributed by atoms with E-state index in [0.717, 1.165) is 12.1 Å². The zero-order valence-electron chi connectivity index (χ0n) is 14.8. The molecule has 0 radical (unpaired) electrons. The molecule has 0 saturated carbocycles. The summed E-state index contributed by atoms with van der Waals surface area (Å²) >= 11 is 0. The van der Waals surface area contributed by atoms with Gasteiger partial charge in [0.2, 0.25) is 0 Å². The number of carbonyl (C=O) groups is 1. The van der Waals surface area contributed by atoms with Gasteiger partial charge in [-0.3, -0.25) is 9.78 Å². The zero-order chi connectivity index (χ0) is 20.1. The Morgan fingerprint density at radius 1 is 1.07 bits per heavy atom. The van der Waals surface area contributed by atoms with Gasteiger partial charge in [0, 0.05) is 18.0 Å². The summed E-state index contributed by atoms with van der Waals surface area (Å²) in [7, 11) is 0. The van der Waals surface area contributed by atoms with E-state index in [0.29, 0.717) is 11.5 Å². The van der Waals surface area contributed by atoms with Crippen LogP contribution in [0.2, 0.25) is 0 Å². The normalized spacial score (nSPS) is 11.1. The molecule has 0 spiro atoms. The molecule has 28 heavy (non-hydrogen) atoms. The quantitative estimate of drug-likeness (QED) is 0.695. The molecule has 0 atom stereocenters. The number of hydrogen-bond acceptors (Lipinski definition) is 5. The van der Waals surface area contributed by atoms with Gasteiger partial charge in [-0.15, -0.1) is 0 Å². The van der Waals surface area contributed by atoms with Crippen LogP contribution in [0.25, 0.3) is 0 Å². The molecule has 3 aromatic rings. The minimum absolute atomic E-state index is 0.0953. The first-order chi connectivity index (χ1) is 13.3. The van der Waals surface area contributed by atoms with E-state index >= 15 is 0 Å². The van der Waals surface area contributed by atoms with Crippen LogP contribution in [0.4, 0.5) is 24.7 Å². The Kier molecular flexibility index (Phi) is 5.53. The third-order valence-electron chi connectivity index (χ3n) is 3.69. The second kappa shape index (κ2) is 8.03. The molecule has 0 bridgehead atoms. The smallest absolute Gasteiger partial charge is 0.345 e. The molecule has 1 amide bonds. The van der Waals surface area contributed by atoms with Crippen LogP contribution in [0.3, 0.4) is 0 Å². The predicted octanol–water partition coefficient (Wildman–Crippen LogP) is 3.87. The molecule has 2 aromatic heterocycles. The number of aryl methyl sites for hydroxylation is 1. The summed E-state index contributed by atoms with van der Waals surface area (Å²) in [5.74, 6) is 0.0815. The van der Waals surface area contributed by atoms with Crippen LogP contribution in [0.1, 0.15) is 27.6 Å². The lowest BCUT2D eigenvalue weighted by Gasteiger charge is -2.11. The number of carbonyl (C=O) groups excluding carboxylic acids is 1. The number of alkyl halides is 3. The van der Waals surface area contributed by atoms with Gasteiger partial charge in [0.15, 0.2) is 0 Å². The Bertz CT molecular complexity index is 977. The first-order valence-electron chi connectivity index (χ1n) is 8.29. The van der Waals surface area contributed by atoms with Gasteiger partial charge < -0.3 is 10.6 Å². The minimum Gasteiger partial charge on any atom is -0.345 e. The molecule has 0 fully saturated rings. The lowest BCUT2D eigenvalue weighted by Crippen LogP contribution is -2.24. The fraction of sp³-hybridized carbons (Fsp3) is 0.158. The van der Waals surface area contributed by atoms with Crippen LogP contribution in [0.15, 0.2) is 54.7 Å². The standard InChI is InChI=1S/C19H16F3N5O/c1-12-25-16(18(28)24-11-15-6-2-3-8-23-15)10-17(26-12)27-14-7-4-5-13(9-14)19(20,21)22/h2-10H,11H2,1H3,(H,24,28)(H,25,26,27). The van der Waals surface area contributed by atoms with Gasteiger partial charge in [-0.1, -0.05) is 12.1 Å². The summed E-state index contributed by atoms with van der Waals surface area (Å²) in [5, 5.41) is 5.48. The first-order valence-corrected chi connectivity index (χ1v) is 8.29. The molecule has 0 aliphatic rings. The maximum absolute atomic E-state index is 12.9. The summed E-state index contributed by atoms with van der Waals surface area (Å²) in [4.78, 5) is 24.7. The highest BCUT2D eigenvalue weighted by Crippen LogP contribution is 2.31. The lowest BCUT2D eigenvalue weighted by atomic mass is 10.2. The molecule has 6 nitrogen and oxygen atoms in total. The average molecular weight is 387 g/mol. The molecule has 3 rings (SSSR count). The fourth-order valence-electron chi connectivity index (χ4n) is 2.43. The van der Waals surface area contributed by atoms with E-state index in [1.54, 1.807) is 31.3 Å². The number of benzene rings is 1. The molecule has 0 aliphatic carbocycles. The molecular weight excluding hydrogens is 371 g/mol. The molecule has 1 aromatic carbocycles. The number of rotatable bonds is 5. The van der Waals surface area contributed by atoms with E-state index in [2.05, 4.69) is 25.6 Å². The molecule has 0 saturated heterocycles. The summed E-state index contributed by atoms with van der Waals surface area (Å²) in [6.07, 6.45) is -2.83. The topological polar surface area (TPSA) is 79.8 Å². The minimum atomic E-state index is -4.45. The largest absolute Gasteiger partial charge is 0.416 e. The Labute approximate surface area is 158 Å². The van der Waals surface area contributed by atoms with E-state index in [4.69, 9.17) is 0 Å². The van der Waals surface area contributed by atoms with Gasteiger partial charge in [0.25, 0.3) is 5.91 Å². The molecule has 9 heteroatoms. The van der Waals surface area contributed by atoms with Crippen molar-refractivity contribution in [2.24, 2.45) is 0 Å². The van der Waals surface area contributed by atoms with Crippen LogP contribution in [0.5, 0.6) is 0 Å². The van der Waals surface area contributed by atoms with Gasteiger partial charge in [-0.05, 0) is 37.3 Å². The Balaban J connectivity index is 1.75. The lowest BCUT2D eigenvalue weighted by molar-refractivity contribution is -0.137. The summed E-state index contributed by atoms with van der Waals surface area (Å²) in [5.41, 5.74) is 0.200. The summed E-state index contributed by atoms with van der Waals surface area (Å²) in [6.45, 7) is 1.81. The zero-order valence-corrected chi connectivity index (χ0v) is 14.8. The molecule has 0 aliphatic heterocycles. The van der Waals surface area contributed by atoms with Crippen molar-refractivity contribution in [3.63, 3.8) is 0 Å². The molecule has 2 heterocycles. The van der Waals surface area contributed by atoms with Crippen molar-refractivity contribution in [2.75, 3.05) is 5.32 Å². The summed E-state index contributed by atoms with van der Waals surface area (Å²) < 4.78 is 38.6. The van der Waals surface area contributed by atoms with Crippen LogP contribution in [0, 0.1) is 6.92 Å². The van der Waals surface area contributed by atoms with Gasteiger partial charge in [0.1, 0.15) is 17.3 Å². The number of aromatic nitrogens is 3. The van der Waals surface area contributed by atoms with Gasteiger partial charge in [0.05, 0.1) is 17.8 Å². The van der Waals surface area contributed by atoms with E-state index in [1.807, 2.05) is 0 Å². The maximum Gasteiger partial charge on any atom is 0.416 e. The van der Waals surface area contributed by atoms with Crippen molar-refractivity contribution in [1.82, 2.24) is 20.3 Å². The van der Waals surface area contributed by atoms with E-state index in [-0.39, 0.29) is 23.7 Å². The Morgan fingerprint density at radius 3 is 2.61 bits per heavy atom. The highest BCUT2D eigenvalue weighted by Gasteiger charge is 2.30. The SMILES string of the molecule is Cc1nc(Nc2cccc(C(F)(F)F)c2)cc(C(=O)NCc2ccccn2)n1. The Morgan fingerprint density at radius 2 is 1.89 bits per heavy atom. The average Bonchev–Trinajstić information content (AvgIpc) is 2.66. The third kappa shape index (κ3) is 5.03. The monoisotopic (exact) mass is 387 g/mol. The van der Waals surface area contributed by atoms with Crippen molar-refractivity contribution in [1.29, 1.82) is 0 Å². The van der Waals surface area contributed by atoms with Crippen molar-refractivity contribution in [3.8, 4) is 0 Å². The number of pyridine rings is 1. The van der Waals surface area contributed by atoms with Crippen molar-refractivity contribution in [2.45, 2.75) is 19.6 Å². The Hall–Kier alpha value is -3.49. The molecule has 2 N–H and O–H groups in total. The van der Waals surface area contributed by atoms with E-state index in [9.17, 15) is 18.0 Å². The first kappa shape index (κ1) is 19.3. The maximum atomic E-state index is 12.9. The van der Waals surface area contributed by atoms with E-state index < -0.39 is 17.6 Å². The molecular formula is C19H16F3N5O. The highest BCUT2D eigenvalue weighted by atomic mass is 19.4. The number of nitrogens with zero attached hydrogens (tertiary/aromatic N) is 3. The number of nitrogens with one attached hydrogen (secondary N) is 2. The van der Waals surface area contributed by atoms with Crippen LogP contribution in [-0.2, 0) is 12.7 Å². The van der Waals surface area contributed by atoms with Crippen molar-refractivity contribution < 1.29 is 18.0 Å². The van der Waals surface area contributed by atoms with Crippen LogP contribution in [-0.4, -0.2) is 20.9 Å². The van der Waals surface area contributed by atoms with Crippen LogP contribution >= 0.6 is 0 Å². The number of hydrogen-bond donors (Lipinski definition) is 2. The second-order valence-electron chi connectivity index (χ2n) is 5.89. The summed E-state index contributed by atoms with van der Waals surface area (Å²) in [6, 6.07) is 11.4. The van der Waals surface area contributed by atoms with Gasteiger partial charge in [-0.25, -0.2) is 9.97 Å². The number of anilines is 2.